The van der Waals surface area contributed by atoms with Gasteiger partial charge in [-0.1, -0.05) is 0 Å². The molecule has 0 bridgehead atoms. The van der Waals surface area contributed by atoms with Crippen LogP contribution in [-0.4, -0.2) is 71.2 Å². The molecule has 2 amide bonds. The molecular formula is C28H27N5O6. The highest BCUT2D eigenvalue weighted by Crippen LogP contribution is 2.32. The quantitative estimate of drug-likeness (QED) is 0.361. The van der Waals surface area contributed by atoms with E-state index in [0.717, 1.165) is 17.7 Å². The van der Waals surface area contributed by atoms with Gasteiger partial charge in [-0.25, -0.2) is 14.3 Å². The molecule has 1 N–H and O–H groups in total. The zero-order chi connectivity index (χ0) is 27.5. The van der Waals surface area contributed by atoms with Gasteiger partial charge in [0.1, 0.15) is 6.04 Å². The van der Waals surface area contributed by atoms with Crippen molar-refractivity contribution in [2.24, 2.45) is 0 Å². The maximum Gasteiger partial charge on any atom is 0.328 e. The number of esters is 1. The van der Waals surface area contributed by atoms with Gasteiger partial charge in [0, 0.05) is 35.6 Å². The lowest BCUT2D eigenvalue weighted by Gasteiger charge is -2.22. The lowest BCUT2D eigenvalue weighted by Crippen LogP contribution is -2.41. The van der Waals surface area contributed by atoms with E-state index in [-0.39, 0.29) is 11.6 Å². The zero-order valence-electron chi connectivity index (χ0n) is 21.7. The Morgan fingerprint density at radius 2 is 1.72 bits per heavy atom. The number of hydrogen-bond acceptors (Lipinski definition) is 8. The Morgan fingerprint density at radius 3 is 2.44 bits per heavy atom. The highest BCUT2D eigenvalue weighted by Gasteiger charge is 2.35. The van der Waals surface area contributed by atoms with Gasteiger partial charge >= 0.3 is 5.97 Å². The molecule has 200 valence electrons. The number of rotatable bonds is 7. The summed E-state index contributed by atoms with van der Waals surface area (Å²) in [6, 6.07) is 14.8. The average molecular weight is 530 g/mol. The van der Waals surface area contributed by atoms with Crippen LogP contribution in [0.15, 0.2) is 60.8 Å². The second-order valence-corrected chi connectivity index (χ2v) is 8.91. The molecule has 1 atom stereocenters. The number of benzene rings is 2. The summed E-state index contributed by atoms with van der Waals surface area (Å²) in [7, 11) is 4.45. The van der Waals surface area contributed by atoms with E-state index < -0.39 is 17.9 Å². The van der Waals surface area contributed by atoms with Crippen molar-refractivity contribution in [3.63, 3.8) is 0 Å². The Kier molecular flexibility index (Phi) is 7.13. The Bertz CT molecular complexity index is 1550. The van der Waals surface area contributed by atoms with Crippen LogP contribution in [0.25, 0.3) is 16.9 Å². The van der Waals surface area contributed by atoms with Crippen LogP contribution in [0.2, 0.25) is 0 Å². The zero-order valence-corrected chi connectivity index (χ0v) is 21.7. The number of anilines is 1. The monoisotopic (exact) mass is 529 g/mol. The van der Waals surface area contributed by atoms with Gasteiger partial charge in [0.2, 0.25) is 0 Å². The number of likely N-dealkylation sites (tertiary alicyclic amines) is 1. The third kappa shape index (κ3) is 4.98. The standard InChI is InChI=1S/C28H27N5O6/c1-37-23-11-8-18(15-24(23)38-2)21-12-13-29-25-16-20(31-33(21)25)26(34)30-19-9-6-17(7-10-19)27(35)32-14-4-5-22(32)28(36)39-3/h6-13,15-16,22H,4-5,14H2,1-3H3,(H,30,34)/t22-/m0/s1. The topological polar surface area (TPSA) is 124 Å². The van der Waals surface area contributed by atoms with Crippen molar-refractivity contribution in [1.29, 1.82) is 0 Å². The first kappa shape index (κ1) is 25.7. The molecule has 11 nitrogen and oxygen atoms in total. The predicted molar refractivity (Wildman–Crippen MR) is 142 cm³/mol. The van der Waals surface area contributed by atoms with Gasteiger partial charge in [-0.3, -0.25) is 9.59 Å². The van der Waals surface area contributed by atoms with Crippen LogP contribution in [0.3, 0.4) is 0 Å². The molecule has 1 saturated heterocycles. The number of nitrogens with one attached hydrogen (secondary N) is 1. The number of methoxy groups -OCH3 is 3. The van der Waals surface area contributed by atoms with Gasteiger partial charge < -0.3 is 24.4 Å². The Labute approximate surface area is 224 Å². The number of carbonyl (C=O) groups is 3. The Hall–Kier alpha value is -4.93. The predicted octanol–water partition coefficient (Wildman–Crippen LogP) is 3.44. The third-order valence-corrected chi connectivity index (χ3v) is 6.65. The van der Waals surface area contributed by atoms with Gasteiger partial charge in [-0.2, -0.15) is 5.10 Å². The van der Waals surface area contributed by atoms with Crippen LogP contribution in [0.4, 0.5) is 5.69 Å². The fourth-order valence-electron chi connectivity index (χ4n) is 4.67. The van der Waals surface area contributed by atoms with Crippen molar-refractivity contribution in [3.8, 4) is 22.8 Å². The highest BCUT2D eigenvalue weighted by atomic mass is 16.5. The molecule has 0 unspecified atom stereocenters. The molecule has 0 aliphatic carbocycles. The lowest BCUT2D eigenvalue weighted by molar-refractivity contribution is -0.145. The second-order valence-electron chi connectivity index (χ2n) is 8.91. The van der Waals surface area contributed by atoms with Gasteiger partial charge in [0.25, 0.3) is 11.8 Å². The molecule has 0 spiro atoms. The average Bonchev–Trinajstić information content (AvgIpc) is 3.64. The molecule has 5 rings (SSSR count). The normalized spacial score (nSPS) is 14.7. The van der Waals surface area contributed by atoms with Crippen LogP contribution >= 0.6 is 0 Å². The highest BCUT2D eigenvalue weighted by molar-refractivity contribution is 6.04. The molecule has 0 radical (unpaired) electrons. The maximum atomic E-state index is 13.0. The summed E-state index contributed by atoms with van der Waals surface area (Å²) in [6.45, 7) is 0.490. The molecule has 3 heterocycles. The smallest absolute Gasteiger partial charge is 0.328 e. The van der Waals surface area contributed by atoms with Crippen molar-refractivity contribution in [2.75, 3.05) is 33.2 Å². The number of aromatic nitrogens is 3. The van der Waals surface area contributed by atoms with Crippen LogP contribution in [0, 0.1) is 0 Å². The summed E-state index contributed by atoms with van der Waals surface area (Å²) >= 11 is 0. The minimum Gasteiger partial charge on any atom is -0.493 e. The third-order valence-electron chi connectivity index (χ3n) is 6.65. The molecule has 11 heteroatoms. The summed E-state index contributed by atoms with van der Waals surface area (Å²) in [5, 5.41) is 7.29. The Balaban J connectivity index is 1.33. The van der Waals surface area contributed by atoms with E-state index in [1.165, 1.54) is 12.0 Å². The SMILES string of the molecule is COC(=O)[C@@H]1CCCN1C(=O)c1ccc(NC(=O)c2cc3nccc(-c4ccc(OC)c(OC)c4)n3n2)cc1. The van der Waals surface area contributed by atoms with Crippen molar-refractivity contribution in [2.45, 2.75) is 18.9 Å². The summed E-state index contributed by atoms with van der Waals surface area (Å²) in [5.41, 5.74) is 3.11. The number of ether oxygens (including phenoxy) is 3. The van der Waals surface area contributed by atoms with Crippen molar-refractivity contribution < 1.29 is 28.6 Å². The summed E-state index contributed by atoms with van der Waals surface area (Å²) < 4.78 is 17.1. The molecule has 1 fully saturated rings. The number of fused-ring (bicyclic) bond motifs is 1. The lowest BCUT2D eigenvalue weighted by atomic mass is 10.1. The number of amides is 2. The Morgan fingerprint density at radius 1 is 0.949 bits per heavy atom. The fourth-order valence-corrected chi connectivity index (χ4v) is 4.67. The van der Waals surface area contributed by atoms with Gasteiger partial charge in [-0.05, 0) is 61.4 Å². The van der Waals surface area contributed by atoms with E-state index >= 15 is 0 Å². The van der Waals surface area contributed by atoms with E-state index in [1.54, 1.807) is 67.4 Å². The number of nitrogens with zero attached hydrogens (tertiary/aromatic N) is 4. The van der Waals surface area contributed by atoms with Gasteiger partial charge in [0.05, 0.1) is 27.0 Å². The molecule has 1 aliphatic rings. The van der Waals surface area contributed by atoms with Crippen molar-refractivity contribution >= 4 is 29.1 Å². The fraction of sp³-hybridized carbons (Fsp3) is 0.250. The van der Waals surface area contributed by atoms with Crippen LogP contribution in [0.1, 0.15) is 33.7 Å². The van der Waals surface area contributed by atoms with Crippen molar-refractivity contribution in [1.82, 2.24) is 19.5 Å². The second kappa shape index (κ2) is 10.8. The van der Waals surface area contributed by atoms with Gasteiger partial charge in [-0.15, -0.1) is 0 Å². The molecule has 39 heavy (non-hydrogen) atoms. The molecule has 0 saturated carbocycles. The van der Waals surface area contributed by atoms with E-state index in [4.69, 9.17) is 14.2 Å². The first-order chi connectivity index (χ1) is 18.9. The number of hydrogen-bond donors (Lipinski definition) is 1. The molecule has 1 aliphatic heterocycles. The summed E-state index contributed by atoms with van der Waals surface area (Å²) in [5.74, 6) is 0.0695. The summed E-state index contributed by atoms with van der Waals surface area (Å²) in [4.78, 5) is 43.8. The minimum absolute atomic E-state index is 0.175. The first-order valence-electron chi connectivity index (χ1n) is 12.3. The minimum atomic E-state index is -0.575. The van der Waals surface area contributed by atoms with E-state index in [0.29, 0.717) is 41.4 Å². The summed E-state index contributed by atoms with van der Waals surface area (Å²) in [6.07, 6.45) is 2.96. The largest absolute Gasteiger partial charge is 0.493 e. The molecular weight excluding hydrogens is 502 g/mol. The van der Waals surface area contributed by atoms with E-state index in [9.17, 15) is 14.4 Å². The van der Waals surface area contributed by atoms with Crippen molar-refractivity contribution in [3.05, 3.63) is 72.1 Å². The van der Waals surface area contributed by atoms with E-state index in [1.807, 2.05) is 12.1 Å². The first-order valence-corrected chi connectivity index (χ1v) is 12.3. The molecule has 2 aromatic heterocycles. The molecule has 4 aromatic rings. The van der Waals surface area contributed by atoms with E-state index in [2.05, 4.69) is 15.4 Å². The van der Waals surface area contributed by atoms with Crippen LogP contribution in [0.5, 0.6) is 11.5 Å². The van der Waals surface area contributed by atoms with Crippen LogP contribution in [-0.2, 0) is 9.53 Å². The van der Waals surface area contributed by atoms with Crippen LogP contribution < -0.4 is 14.8 Å². The molecule has 2 aromatic carbocycles. The maximum absolute atomic E-state index is 13.0. The van der Waals surface area contributed by atoms with Gasteiger partial charge in [0.15, 0.2) is 22.8 Å². The number of carbonyl (C=O) groups excluding carboxylic acids is 3.